The van der Waals surface area contributed by atoms with Gasteiger partial charge in [-0.15, -0.1) is 0 Å². The number of ether oxygens (including phenoxy) is 3. The summed E-state index contributed by atoms with van der Waals surface area (Å²) in [6, 6.07) is 20.2. The zero-order chi connectivity index (χ0) is 23.2. The van der Waals surface area contributed by atoms with E-state index in [1.54, 1.807) is 42.3 Å². The SMILES string of the molecule is COc1ccccc1CCN1Cc2cc(NC(=O)c3ccccc3OC)ccc2OCC1=O. The molecule has 1 aliphatic heterocycles. The van der Waals surface area contributed by atoms with Gasteiger partial charge in [-0.2, -0.15) is 0 Å². The Balaban J connectivity index is 1.50. The molecule has 1 N–H and O–H groups in total. The fourth-order valence-electron chi connectivity index (χ4n) is 3.85. The normalized spacial score (nSPS) is 12.9. The first-order valence-electron chi connectivity index (χ1n) is 10.7. The highest BCUT2D eigenvalue weighted by molar-refractivity contribution is 6.06. The molecule has 2 amide bonds. The average molecular weight is 447 g/mol. The summed E-state index contributed by atoms with van der Waals surface area (Å²) in [4.78, 5) is 27.2. The Morgan fingerprint density at radius 1 is 1.00 bits per heavy atom. The van der Waals surface area contributed by atoms with Gasteiger partial charge in [-0.3, -0.25) is 9.59 Å². The molecule has 0 saturated heterocycles. The Kier molecular flexibility index (Phi) is 6.78. The molecule has 0 unspecified atom stereocenters. The number of rotatable bonds is 7. The average Bonchev–Trinajstić information content (AvgIpc) is 3.01. The summed E-state index contributed by atoms with van der Waals surface area (Å²) in [7, 11) is 3.17. The van der Waals surface area contributed by atoms with E-state index in [4.69, 9.17) is 14.2 Å². The summed E-state index contributed by atoms with van der Waals surface area (Å²) in [5.74, 6) is 1.59. The van der Waals surface area contributed by atoms with Gasteiger partial charge in [0.25, 0.3) is 11.8 Å². The maximum atomic E-state index is 12.8. The van der Waals surface area contributed by atoms with Gasteiger partial charge in [0, 0.05) is 24.3 Å². The van der Waals surface area contributed by atoms with Crippen molar-refractivity contribution in [2.45, 2.75) is 13.0 Å². The molecule has 4 rings (SSSR count). The number of nitrogens with one attached hydrogen (secondary N) is 1. The summed E-state index contributed by atoms with van der Waals surface area (Å²) < 4.78 is 16.4. The number of carbonyl (C=O) groups is 2. The van der Waals surface area contributed by atoms with Crippen LogP contribution in [0.2, 0.25) is 0 Å². The number of benzene rings is 3. The first kappa shape index (κ1) is 22.2. The summed E-state index contributed by atoms with van der Waals surface area (Å²) in [5, 5.41) is 2.91. The molecule has 0 aliphatic carbocycles. The Morgan fingerprint density at radius 2 is 1.73 bits per heavy atom. The minimum Gasteiger partial charge on any atom is -0.496 e. The highest BCUT2D eigenvalue weighted by Gasteiger charge is 2.22. The molecule has 0 spiro atoms. The van der Waals surface area contributed by atoms with Crippen LogP contribution in [0.4, 0.5) is 5.69 Å². The second kappa shape index (κ2) is 10.1. The van der Waals surface area contributed by atoms with Crippen LogP contribution in [0, 0.1) is 0 Å². The van der Waals surface area contributed by atoms with E-state index in [1.807, 2.05) is 36.4 Å². The first-order valence-corrected chi connectivity index (χ1v) is 10.7. The van der Waals surface area contributed by atoms with E-state index in [1.165, 1.54) is 7.11 Å². The predicted molar refractivity (Wildman–Crippen MR) is 125 cm³/mol. The lowest BCUT2D eigenvalue weighted by Crippen LogP contribution is -2.34. The van der Waals surface area contributed by atoms with Gasteiger partial charge >= 0.3 is 0 Å². The van der Waals surface area contributed by atoms with Gasteiger partial charge in [-0.1, -0.05) is 30.3 Å². The van der Waals surface area contributed by atoms with Crippen LogP contribution in [0.25, 0.3) is 0 Å². The molecule has 170 valence electrons. The van der Waals surface area contributed by atoms with E-state index in [2.05, 4.69) is 5.32 Å². The lowest BCUT2D eigenvalue weighted by atomic mass is 10.1. The van der Waals surface area contributed by atoms with Crippen LogP contribution >= 0.6 is 0 Å². The van der Waals surface area contributed by atoms with E-state index in [9.17, 15) is 9.59 Å². The Bertz CT molecular complexity index is 1160. The van der Waals surface area contributed by atoms with Crippen molar-refractivity contribution >= 4 is 17.5 Å². The van der Waals surface area contributed by atoms with Crippen LogP contribution in [0.15, 0.2) is 66.7 Å². The third kappa shape index (κ3) is 5.09. The second-order valence-electron chi connectivity index (χ2n) is 7.64. The molecule has 33 heavy (non-hydrogen) atoms. The van der Waals surface area contributed by atoms with Crippen LogP contribution in [0.5, 0.6) is 17.2 Å². The molecule has 0 saturated carbocycles. The zero-order valence-corrected chi connectivity index (χ0v) is 18.7. The molecule has 1 heterocycles. The number of carbonyl (C=O) groups excluding carboxylic acids is 2. The van der Waals surface area contributed by atoms with E-state index in [-0.39, 0.29) is 18.4 Å². The van der Waals surface area contributed by atoms with E-state index < -0.39 is 0 Å². The molecule has 0 radical (unpaired) electrons. The van der Waals surface area contributed by atoms with Crippen LogP contribution < -0.4 is 19.5 Å². The van der Waals surface area contributed by atoms with Gasteiger partial charge < -0.3 is 24.4 Å². The summed E-state index contributed by atoms with van der Waals surface area (Å²) in [6.07, 6.45) is 0.662. The topological polar surface area (TPSA) is 77.1 Å². The molecule has 7 heteroatoms. The highest BCUT2D eigenvalue weighted by Crippen LogP contribution is 2.28. The van der Waals surface area contributed by atoms with Gasteiger partial charge in [-0.05, 0) is 48.4 Å². The van der Waals surface area contributed by atoms with Crippen molar-refractivity contribution in [3.8, 4) is 17.2 Å². The molecule has 3 aromatic rings. The number of hydrogen-bond acceptors (Lipinski definition) is 5. The van der Waals surface area contributed by atoms with Crippen molar-refractivity contribution in [3.63, 3.8) is 0 Å². The summed E-state index contributed by atoms with van der Waals surface area (Å²) in [5.41, 5.74) is 2.93. The smallest absolute Gasteiger partial charge is 0.260 e. The van der Waals surface area contributed by atoms with Crippen molar-refractivity contribution < 1.29 is 23.8 Å². The number of hydrogen-bond donors (Lipinski definition) is 1. The van der Waals surface area contributed by atoms with E-state index in [0.29, 0.717) is 42.3 Å². The Labute approximate surface area is 192 Å². The van der Waals surface area contributed by atoms with Crippen LogP contribution in [0.3, 0.4) is 0 Å². The second-order valence-corrected chi connectivity index (χ2v) is 7.64. The number of anilines is 1. The standard InChI is InChI=1S/C26H26N2O5/c1-31-22-9-5-3-7-18(22)13-14-28-16-19-15-20(11-12-23(19)33-17-25(28)29)27-26(30)21-8-4-6-10-24(21)32-2/h3-12,15H,13-14,16-17H2,1-2H3,(H,27,30). The maximum Gasteiger partial charge on any atom is 0.260 e. The quantitative estimate of drug-likeness (QED) is 0.595. The summed E-state index contributed by atoms with van der Waals surface area (Å²) >= 11 is 0. The Hall–Kier alpha value is -4.00. The molecule has 0 atom stereocenters. The number of amides is 2. The molecular weight excluding hydrogens is 420 g/mol. The third-order valence-corrected chi connectivity index (χ3v) is 5.58. The monoisotopic (exact) mass is 446 g/mol. The largest absolute Gasteiger partial charge is 0.496 e. The van der Waals surface area contributed by atoms with Crippen LogP contribution in [-0.4, -0.2) is 44.1 Å². The number of methoxy groups -OCH3 is 2. The van der Waals surface area contributed by atoms with E-state index in [0.717, 1.165) is 16.9 Å². The molecule has 1 aliphatic rings. The lowest BCUT2D eigenvalue weighted by molar-refractivity contribution is -0.133. The van der Waals surface area contributed by atoms with Crippen molar-refractivity contribution in [3.05, 3.63) is 83.4 Å². The Morgan fingerprint density at radius 3 is 2.52 bits per heavy atom. The van der Waals surface area contributed by atoms with Crippen molar-refractivity contribution in [1.82, 2.24) is 4.90 Å². The summed E-state index contributed by atoms with van der Waals surface area (Å²) in [6.45, 7) is 0.896. The van der Waals surface area contributed by atoms with Crippen molar-refractivity contribution in [1.29, 1.82) is 0 Å². The maximum absolute atomic E-state index is 12.8. The molecule has 7 nitrogen and oxygen atoms in total. The van der Waals surface area contributed by atoms with Gasteiger partial charge in [0.2, 0.25) is 0 Å². The molecule has 0 aromatic heterocycles. The van der Waals surface area contributed by atoms with Crippen LogP contribution in [0.1, 0.15) is 21.5 Å². The number of para-hydroxylation sites is 2. The molecule has 3 aromatic carbocycles. The molecule has 0 fully saturated rings. The van der Waals surface area contributed by atoms with Gasteiger partial charge in [0.1, 0.15) is 17.2 Å². The lowest BCUT2D eigenvalue weighted by Gasteiger charge is -2.21. The third-order valence-electron chi connectivity index (χ3n) is 5.58. The number of fused-ring (bicyclic) bond motifs is 1. The van der Waals surface area contributed by atoms with Crippen molar-refractivity contribution in [2.75, 3.05) is 32.7 Å². The zero-order valence-electron chi connectivity index (χ0n) is 18.7. The van der Waals surface area contributed by atoms with Crippen molar-refractivity contribution in [2.24, 2.45) is 0 Å². The minimum atomic E-state index is -0.272. The van der Waals surface area contributed by atoms with Gasteiger partial charge in [-0.25, -0.2) is 0 Å². The first-order chi connectivity index (χ1) is 16.1. The predicted octanol–water partition coefficient (Wildman–Crippen LogP) is 3.92. The van der Waals surface area contributed by atoms with Gasteiger partial charge in [0.15, 0.2) is 6.61 Å². The number of nitrogens with zero attached hydrogens (tertiary/aromatic N) is 1. The molecule has 0 bridgehead atoms. The molecular formula is C26H26N2O5. The van der Waals surface area contributed by atoms with Crippen LogP contribution in [-0.2, 0) is 17.8 Å². The van der Waals surface area contributed by atoms with E-state index >= 15 is 0 Å². The fourth-order valence-corrected chi connectivity index (χ4v) is 3.85. The highest BCUT2D eigenvalue weighted by atomic mass is 16.5. The fraction of sp³-hybridized carbons (Fsp3) is 0.231. The minimum absolute atomic E-state index is 0.0220. The van der Waals surface area contributed by atoms with Gasteiger partial charge in [0.05, 0.1) is 19.8 Å².